The van der Waals surface area contributed by atoms with Gasteiger partial charge in [0.2, 0.25) is 0 Å². The van der Waals surface area contributed by atoms with Crippen molar-refractivity contribution in [3.05, 3.63) is 15.6 Å². The van der Waals surface area contributed by atoms with Gasteiger partial charge in [0.25, 0.3) is 5.91 Å². The Balaban J connectivity index is 3.00. The highest BCUT2D eigenvalue weighted by Gasteiger charge is 2.25. The van der Waals surface area contributed by atoms with Gasteiger partial charge in [-0.1, -0.05) is 20.8 Å². The van der Waals surface area contributed by atoms with Crippen molar-refractivity contribution in [3.8, 4) is 0 Å². The minimum absolute atomic E-state index is 0.112. The summed E-state index contributed by atoms with van der Waals surface area (Å²) in [5, 5.41) is 9.56. The van der Waals surface area contributed by atoms with Gasteiger partial charge in [-0.25, -0.2) is 4.98 Å². The second-order valence-corrected chi connectivity index (χ2v) is 6.24. The number of nitrogens with zero attached hydrogens (tertiary/aromatic N) is 2. The van der Waals surface area contributed by atoms with E-state index in [1.807, 2.05) is 20.8 Å². The molecule has 1 N–H and O–H groups in total. The normalized spacial score (nSPS) is 11.4. The van der Waals surface area contributed by atoms with Crippen LogP contribution in [0.15, 0.2) is 0 Å². The van der Waals surface area contributed by atoms with E-state index in [-0.39, 0.29) is 17.9 Å². The van der Waals surface area contributed by atoms with Crippen LogP contribution in [0.25, 0.3) is 0 Å². The van der Waals surface area contributed by atoms with E-state index in [9.17, 15) is 9.59 Å². The van der Waals surface area contributed by atoms with Gasteiger partial charge in [0, 0.05) is 12.5 Å². The van der Waals surface area contributed by atoms with E-state index in [1.54, 1.807) is 6.92 Å². The first kappa shape index (κ1) is 14.6. The number of hydrogen-bond donors (Lipinski definition) is 1. The maximum absolute atomic E-state index is 12.1. The lowest BCUT2D eigenvalue weighted by Crippen LogP contribution is -2.31. The van der Waals surface area contributed by atoms with Crippen LogP contribution in [0.5, 0.6) is 0 Å². The summed E-state index contributed by atoms with van der Waals surface area (Å²) in [5.74, 6) is -1.31. The standard InChI is InChI=1S/C12H18N2O3S/c1-7-9(10(17)14(5)6-8(15)16)18-11(13-7)12(2,3)4/h6H2,1-5H3,(H,15,16). The predicted molar refractivity (Wildman–Crippen MR) is 70.1 cm³/mol. The molecule has 0 saturated carbocycles. The van der Waals surface area contributed by atoms with Crippen LogP contribution in [0.4, 0.5) is 0 Å². The Hall–Kier alpha value is -1.43. The molecule has 0 saturated heterocycles. The maximum Gasteiger partial charge on any atom is 0.323 e. The predicted octanol–water partition coefficient (Wildman–Crippen LogP) is 1.91. The van der Waals surface area contributed by atoms with Crippen LogP contribution < -0.4 is 0 Å². The third-order valence-corrected chi connectivity index (χ3v) is 3.92. The fourth-order valence-electron chi connectivity index (χ4n) is 1.36. The summed E-state index contributed by atoms with van der Waals surface area (Å²) in [6.45, 7) is 7.55. The molecule has 1 aromatic heterocycles. The van der Waals surface area contributed by atoms with Crippen LogP contribution in [-0.4, -0.2) is 40.5 Å². The molecule has 1 amide bonds. The molecular weight excluding hydrogens is 252 g/mol. The van der Waals surface area contributed by atoms with Crippen molar-refractivity contribution in [1.29, 1.82) is 0 Å². The summed E-state index contributed by atoms with van der Waals surface area (Å²) in [6.07, 6.45) is 0. The van der Waals surface area contributed by atoms with E-state index in [2.05, 4.69) is 4.98 Å². The Kier molecular flexibility index (Phi) is 4.11. The summed E-state index contributed by atoms with van der Waals surface area (Å²) in [4.78, 5) is 28.8. The lowest BCUT2D eigenvalue weighted by atomic mass is 9.98. The molecule has 1 rings (SSSR count). The van der Waals surface area contributed by atoms with Gasteiger partial charge < -0.3 is 10.0 Å². The highest BCUT2D eigenvalue weighted by atomic mass is 32.1. The highest BCUT2D eigenvalue weighted by molar-refractivity contribution is 7.14. The maximum atomic E-state index is 12.1. The second-order valence-electron chi connectivity index (χ2n) is 5.24. The van der Waals surface area contributed by atoms with Crippen LogP contribution in [0.1, 0.15) is 41.1 Å². The van der Waals surface area contributed by atoms with E-state index in [0.717, 1.165) is 5.01 Å². The average molecular weight is 270 g/mol. The van der Waals surface area contributed by atoms with Crippen molar-refractivity contribution < 1.29 is 14.7 Å². The number of thiazole rings is 1. The Bertz CT molecular complexity index is 474. The summed E-state index contributed by atoms with van der Waals surface area (Å²) in [5.41, 5.74) is 0.548. The quantitative estimate of drug-likeness (QED) is 0.910. The molecule has 1 heterocycles. The molecular formula is C12H18N2O3S. The first-order chi connectivity index (χ1) is 8.12. The minimum Gasteiger partial charge on any atom is -0.480 e. The third-order valence-electron chi connectivity index (χ3n) is 2.35. The van der Waals surface area contributed by atoms with Gasteiger partial charge in [0.05, 0.1) is 10.7 Å². The number of amides is 1. The SMILES string of the molecule is Cc1nc(C(C)(C)C)sc1C(=O)N(C)CC(=O)O. The van der Waals surface area contributed by atoms with E-state index < -0.39 is 5.97 Å². The zero-order valence-electron chi connectivity index (χ0n) is 11.3. The van der Waals surface area contributed by atoms with E-state index >= 15 is 0 Å². The highest BCUT2D eigenvalue weighted by Crippen LogP contribution is 2.29. The molecule has 0 radical (unpaired) electrons. The third kappa shape index (κ3) is 3.29. The molecule has 0 aliphatic rings. The molecule has 0 atom stereocenters. The summed E-state index contributed by atoms with van der Waals surface area (Å²) < 4.78 is 0. The van der Waals surface area contributed by atoms with Crippen molar-refractivity contribution in [2.75, 3.05) is 13.6 Å². The van der Waals surface area contributed by atoms with Gasteiger partial charge in [0.15, 0.2) is 0 Å². The largest absolute Gasteiger partial charge is 0.480 e. The van der Waals surface area contributed by atoms with Crippen LogP contribution in [0.2, 0.25) is 0 Å². The lowest BCUT2D eigenvalue weighted by molar-refractivity contribution is -0.137. The number of aryl methyl sites for hydroxylation is 1. The van der Waals surface area contributed by atoms with Gasteiger partial charge >= 0.3 is 5.97 Å². The lowest BCUT2D eigenvalue weighted by Gasteiger charge is -2.14. The smallest absolute Gasteiger partial charge is 0.323 e. The fraction of sp³-hybridized carbons (Fsp3) is 0.583. The first-order valence-corrected chi connectivity index (χ1v) is 6.39. The number of carbonyl (C=O) groups is 2. The minimum atomic E-state index is -1.02. The Morgan fingerprint density at radius 3 is 2.33 bits per heavy atom. The van der Waals surface area contributed by atoms with Crippen molar-refractivity contribution >= 4 is 23.2 Å². The molecule has 0 unspecified atom stereocenters. The van der Waals surface area contributed by atoms with E-state index in [1.165, 1.54) is 23.3 Å². The zero-order chi connectivity index (χ0) is 14.1. The second kappa shape index (κ2) is 5.06. The number of carboxylic acid groups (broad SMARTS) is 1. The molecule has 18 heavy (non-hydrogen) atoms. The number of aromatic nitrogens is 1. The molecule has 0 aliphatic heterocycles. The zero-order valence-corrected chi connectivity index (χ0v) is 12.1. The first-order valence-electron chi connectivity index (χ1n) is 5.58. The van der Waals surface area contributed by atoms with Crippen LogP contribution in [0, 0.1) is 6.92 Å². The molecule has 0 bridgehead atoms. The van der Waals surface area contributed by atoms with Gasteiger partial charge in [0.1, 0.15) is 11.4 Å². The fourth-order valence-corrected chi connectivity index (χ4v) is 2.48. The molecule has 0 fully saturated rings. The van der Waals surface area contributed by atoms with E-state index in [0.29, 0.717) is 10.6 Å². The van der Waals surface area contributed by atoms with Crippen molar-refractivity contribution in [1.82, 2.24) is 9.88 Å². The number of carboxylic acids is 1. The van der Waals surface area contributed by atoms with Crippen LogP contribution in [-0.2, 0) is 10.2 Å². The van der Waals surface area contributed by atoms with Gasteiger partial charge in [-0.3, -0.25) is 9.59 Å². The Morgan fingerprint density at radius 2 is 1.94 bits per heavy atom. The van der Waals surface area contributed by atoms with E-state index in [4.69, 9.17) is 5.11 Å². The topological polar surface area (TPSA) is 70.5 Å². The van der Waals surface area contributed by atoms with Crippen LogP contribution >= 0.6 is 11.3 Å². The molecule has 0 aliphatic carbocycles. The van der Waals surface area contributed by atoms with Crippen molar-refractivity contribution in [2.45, 2.75) is 33.1 Å². The molecule has 5 nitrogen and oxygen atoms in total. The van der Waals surface area contributed by atoms with Gasteiger partial charge in [-0.15, -0.1) is 11.3 Å². The molecule has 100 valence electrons. The van der Waals surface area contributed by atoms with Crippen LogP contribution in [0.3, 0.4) is 0 Å². The summed E-state index contributed by atoms with van der Waals surface area (Å²) in [7, 11) is 1.48. The average Bonchev–Trinajstić information content (AvgIpc) is 2.57. The Morgan fingerprint density at radius 1 is 1.39 bits per heavy atom. The summed E-state index contributed by atoms with van der Waals surface area (Å²) in [6, 6.07) is 0. The molecule has 1 aromatic rings. The molecule has 0 aromatic carbocycles. The number of rotatable bonds is 3. The number of carbonyl (C=O) groups excluding carboxylic acids is 1. The Labute approximate surface area is 110 Å². The number of likely N-dealkylation sites (N-methyl/N-ethyl adjacent to an activating group) is 1. The van der Waals surface area contributed by atoms with Gasteiger partial charge in [-0.2, -0.15) is 0 Å². The molecule has 0 spiro atoms. The number of hydrogen-bond acceptors (Lipinski definition) is 4. The van der Waals surface area contributed by atoms with Crippen molar-refractivity contribution in [3.63, 3.8) is 0 Å². The number of aliphatic carboxylic acids is 1. The van der Waals surface area contributed by atoms with Crippen molar-refractivity contribution in [2.24, 2.45) is 0 Å². The summed E-state index contributed by atoms with van der Waals surface area (Å²) >= 11 is 1.33. The molecule has 6 heteroatoms. The van der Waals surface area contributed by atoms with Gasteiger partial charge in [-0.05, 0) is 6.92 Å². The monoisotopic (exact) mass is 270 g/mol.